The molecule has 156 valence electrons. The van der Waals surface area contributed by atoms with Crippen molar-refractivity contribution >= 4 is 23.4 Å². The minimum Gasteiger partial charge on any atom is -0.368 e. The van der Waals surface area contributed by atoms with Gasteiger partial charge in [-0.15, -0.1) is 0 Å². The predicted octanol–water partition coefficient (Wildman–Crippen LogP) is 2.65. The number of anilines is 1. The van der Waals surface area contributed by atoms with Crippen molar-refractivity contribution in [3.8, 4) is 0 Å². The summed E-state index contributed by atoms with van der Waals surface area (Å²) in [4.78, 5) is 41.7. The molecule has 2 aliphatic rings. The van der Waals surface area contributed by atoms with Crippen LogP contribution in [-0.2, 0) is 11.0 Å². The lowest BCUT2D eigenvalue weighted by Gasteiger charge is -2.36. The molecule has 2 heterocycles. The van der Waals surface area contributed by atoms with Crippen LogP contribution >= 0.6 is 0 Å². The Bertz CT molecular complexity index is 979. The Morgan fingerprint density at radius 3 is 2.03 bits per heavy atom. The van der Waals surface area contributed by atoms with Crippen molar-refractivity contribution < 1.29 is 27.6 Å². The summed E-state index contributed by atoms with van der Waals surface area (Å²) in [5, 5.41) is 0. The maximum Gasteiger partial charge on any atom is 0.416 e. The van der Waals surface area contributed by atoms with Crippen LogP contribution < -0.4 is 4.90 Å². The number of rotatable bonds is 3. The van der Waals surface area contributed by atoms with E-state index in [1.807, 2.05) is 0 Å². The smallest absolute Gasteiger partial charge is 0.368 e. The minimum absolute atomic E-state index is 0.282. The van der Waals surface area contributed by atoms with E-state index < -0.39 is 23.6 Å². The molecule has 4 rings (SSSR count). The standard InChI is InChI=1S/C21H18F3N3O3/c22-21(23,24)14-4-3-5-15(12-14)25-8-10-26(11-9-25)18(28)13-27-19(29)16-6-1-2-7-17(16)20(27)30/h1-7,12H,8-11,13H2. The summed E-state index contributed by atoms with van der Waals surface area (Å²) in [5.41, 5.74) is 0.288. The van der Waals surface area contributed by atoms with E-state index in [9.17, 15) is 27.6 Å². The van der Waals surface area contributed by atoms with Crippen LogP contribution in [0.2, 0.25) is 0 Å². The second-order valence-corrected chi connectivity index (χ2v) is 7.16. The van der Waals surface area contributed by atoms with Crippen molar-refractivity contribution in [1.29, 1.82) is 0 Å². The van der Waals surface area contributed by atoms with E-state index >= 15 is 0 Å². The maximum absolute atomic E-state index is 12.9. The van der Waals surface area contributed by atoms with Crippen molar-refractivity contribution in [1.82, 2.24) is 9.80 Å². The highest BCUT2D eigenvalue weighted by Crippen LogP contribution is 2.32. The number of hydrogen-bond acceptors (Lipinski definition) is 4. The van der Waals surface area contributed by atoms with E-state index in [0.717, 1.165) is 17.0 Å². The molecule has 2 aliphatic heterocycles. The van der Waals surface area contributed by atoms with Crippen LogP contribution in [0.4, 0.5) is 18.9 Å². The van der Waals surface area contributed by atoms with E-state index in [0.29, 0.717) is 18.8 Å². The third-order valence-electron chi connectivity index (χ3n) is 5.34. The second-order valence-electron chi connectivity index (χ2n) is 7.16. The Labute approximate surface area is 170 Å². The molecular formula is C21H18F3N3O3. The maximum atomic E-state index is 12.9. The van der Waals surface area contributed by atoms with Crippen LogP contribution in [0.1, 0.15) is 26.3 Å². The van der Waals surface area contributed by atoms with Crippen LogP contribution in [-0.4, -0.2) is 60.2 Å². The molecule has 0 aromatic heterocycles. The number of fused-ring (bicyclic) bond motifs is 1. The molecular weight excluding hydrogens is 399 g/mol. The summed E-state index contributed by atoms with van der Waals surface area (Å²) in [7, 11) is 0. The van der Waals surface area contributed by atoms with Crippen LogP contribution in [0.3, 0.4) is 0 Å². The number of carbonyl (C=O) groups excluding carboxylic acids is 3. The van der Waals surface area contributed by atoms with E-state index in [1.54, 1.807) is 35.2 Å². The van der Waals surface area contributed by atoms with Gasteiger partial charge in [0.05, 0.1) is 16.7 Å². The molecule has 0 bridgehead atoms. The lowest BCUT2D eigenvalue weighted by molar-refractivity contribution is -0.137. The molecule has 0 saturated carbocycles. The lowest BCUT2D eigenvalue weighted by atomic mass is 10.1. The SMILES string of the molecule is O=C(CN1C(=O)c2ccccc2C1=O)N1CCN(c2cccc(C(F)(F)F)c2)CC1. The van der Waals surface area contributed by atoms with Gasteiger partial charge >= 0.3 is 6.18 Å². The first kappa shape index (κ1) is 19.9. The number of imide groups is 1. The van der Waals surface area contributed by atoms with Crippen molar-refractivity contribution in [3.63, 3.8) is 0 Å². The zero-order valence-electron chi connectivity index (χ0n) is 15.9. The Morgan fingerprint density at radius 2 is 1.47 bits per heavy atom. The largest absolute Gasteiger partial charge is 0.416 e. The molecule has 3 amide bonds. The number of alkyl halides is 3. The average molecular weight is 417 g/mol. The molecule has 0 atom stereocenters. The molecule has 6 nitrogen and oxygen atoms in total. The lowest BCUT2D eigenvalue weighted by Crippen LogP contribution is -2.52. The molecule has 0 unspecified atom stereocenters. The van der Waals surface area contributed by atoms with E-state index in [2.05, 4.69) is 0 Å². The van der Waals surface area contributed by atoms with Gasteiger partial charge in [0.25, 0.3) is 11.8 Å². The molecule has 1 fully saturated rings. The van der Waals surface area contributed by atoms with Gasteiger partial charge in [-0.3, -0.25) is 19.3 Å². The second kappa shape index (κ2) is 7.47. The Morgan fingerprint density at radius 1 is 0.867 bits per heavy atom. The molecule has 0 N–H and O–H groups in total. The zero-order valence-corrected chi connectivity index (χ0v) is 15.9. The summed E-state index contributed by atoms with van der Waals surface area (Å²) >= 11 is 0. The van der Waals surface area contributed by atoms with Gasteiger partial charge < -0.3 is 9.80 Å². The van der Waals surface area contributed by atoms with Gasteiger partial charge in [-0.2, -0.15) is 13.2 Å². The van der Waals surface area contributed by atoms with Crippen molar-refractivity contribution in [2.24, 2.45) is 0 Å². The normalized spacial score (nSPS) is 16.8. The Balaban J connectivity index is 1.38. The average Bonchev–Trinajstić information content (AvgIpc) is 2.98. The predicted molar refractivity (Wildman–Crippen MR) is 102 cm³/mol. The highest BCUT2D eigenvalue weighted by molar-refractivity contribution is 6.22. The first-order valence-corrected chi connectivity index (χ1v) is 9.41. The van der Waals surface area contributed by atoms with E-state index in [-0.39, 0.29) is 36.7 Å². The zero-order chi connectivity index (χ0) is 21.5. The topological polar surface area (TPSA) is 60.9 Å². The van der Waals surface area contributed by atoms with Crippen molar-refractivity contribution in [2.45, 2.75) is 6.18 Å². The van der Waals surface area contributed by atoms with Gasteiger partial charge in [-0.25, -0.2) is 0 Å². The summed E-state index contributed by atoms with van der Waals surface area (Å²) in [6, 6.07) is 11.5. The summed E-state index contributed by atoms with van der Waals surface area (Å²) in [5.74, 6) is -1.36. The van der Waals surface area contributed by atoms with Crippen molar-refractivity contribution in [3.05, 3.63) is 65.2 Å². The quantitative estimate of drug-likeness (QED) is 0.721. The molecule has 2 aromatic carbocycles. The number of nitrogens with zero attached hydrogens (tertiary/aromatic N) is 3. The van der Waals surface area contributed by atoms with Crippen LogP contribution in [0, 0.1) is 0 Å². The molecule has 0 spiro atoms. The fourth-order valence-electron chi connectivity index (χ4n) is 3.71. The first-order chi connectivity index (χ1) is 14.3. The molecule has 1 saturated heterocycles. The molecule has 30 heavy (non-hydrogen) atoms. The van der Waals surface area contributed by atoms with Crippen LogP contribution in [0.15, 0.2) is 48.5 Å². The molecule has 2 aromatic rings. The van der Waals surface area contributed by atoms with Crippen LogP contribution in [0.25, 0.3) is 0 Å². The summed E-state index contributed by atoms with van der Waals surface area (Å²) < 4.78 is 38.8. The Kier molecular flexibility index (Phi) is 4.97. The first-order valence-electron chi connectivity index (χ1n) is 9.41. The fraction of sp³-hybridized carbons (Fsp3) is 0.286. The summed E-state index contributed by atoms with van der Waals surface area (Å²) in [6.07, 6.45) is -4.42. The van der Waals surface area contributed by atoms with E-state index in [1.165, 1.54) is 11.0 Å². The number of benzene rings is 2. The van der Waals surface area contributed by atoms with Gasteiger partial charge in [-0.1, -0.05) is 18.2 Å². The van der Waals surface area contributed by atoms with Crippen molar-refractivity contribution in [2.75, 3.05) is 37.6 Å². The molecule has 9 heteroatoms. The Hall–Kier alpha value is -3.36. The number of piperazine rings is 1. The fourth-order valence-corrected chi connectivity index (χ4v) is 3.71. The van der Waals surface area contributed by atoms with Gasteiger partial charge in [-0.05, 0) is 30.3 Å². The minimum atomic E-state index is -4.42. The monoisotopic (exact) mass is 417 g/mol. The third kappa shape index (κ3) is 3.62. The van der Waals surface area contributed by atoms with Gasteiger partial charge in [0.15, 0.2) is 0 Å². The van der Waals surface area contributed by atoms with E-state index in [4.69, 9.17) is 0 Å². The number of carbonyl (C=O) groups is 3. The highest BCUT2D eigenvalue weighted by atomic mass is 19.4. The highest BCUT2D eigenvalue weighted by Gasteiger charge is 2.37. The number of amides is 3. The molecule has 0 aliphatic carbocycles. The molecule has 0 radical (unpaired) electrons. The van der Waals surface area contributed by atoms with Gasteiger partial charge in [0.2, 0.25) is 5.91 Å². The van der Waals surface area contributed by atoms with Crippen LogP contribution in [0.5, 0.6) is 0 Å². The van der Waals surface area contributed by atoms with Gasteiger partial charge in [0.1, 0.15) is 6.54 Å². The number of hydrogen-bond donors (Lipinski definition) is 0. The number of halogens is 3. The third-order valence-corrected chi connectivity index (χ3v) is 5.34. The van der Waals surface area contributed by atoms with Gasteiger partial charge in [0, 0.05) is 31.9 Å². The summed E-state index contributed by atoms with van der Waals surface area (Å²) in [6.45, 7) is 0.941.